The summed E-state index contributed by atoms with van der Waals surface area (Å²) in [5.74, 6) is 0.407. The van der Waals surface area contributed by atoms with Gasteiger partial charge in [0.2, 0.25) is 5.96 Å². The smallest absolute Gasteiger partial charge is 0.211 e. The summed E-state index contributed by atoms with van der Waals surface area (Å²) < 4.78 is 20.0. The number of rotatable bonds is 4. The van der Waals surface area contributed by atoms with Crippen molar-refractivity contribution in [2.75, 3.05) is 16.8 Å². The highest BCUT2D eigenvalue weighted by atomic mass is 19.1. The molecule has 0 saturated carbocycles. The van der Waals surface area contributed by atoms with E-state index in [0.717, 1.165) is 0 Å². The summed E-state index contributed by atoms with van der Waals surface area (Å²) in [5, 5.41) is 23.8. The number of guanidine groups is 1. The largest absolute Gasteiger partial charge is 0.488 e. The second-order valence-corrected chi connectivity index (χ2v) is 6.82. The van der Waals surface area contributed by atoms with Crippen LogP contribution in [-0.2, 0) is 6.61 Å². The van der Waals surface area contributed by atoms with Crippen LogP contribution >= 0.6 is 0 Å². The van der Waals surface area contributed by atoms with Gasteiger partial charge >= 0.3 is 0 Å². The average molecular weight is 428 g/mol. The molecule has 4 rings (SSSR count). The molecular formula is C22H17FN8O. The number of nitrogen functional groups attached to an aromatic ring is 2. The maximum Gasteiger partial charge on any atom is 0.211 e. The number of para-hydroxylation sites is 1. The Morgan fingerprint density at radius 3 is 2.62 bits per heavy atom. The number of aromatic nitrogens is 1. The molecule has 1 unspecified atom stereocenters. The maximum atomic E-state index is 14.0. The second kappa shape index (κ2) is 8.50. The highest BCUT2D eigenvalue weighted by Crippen LogP contribution is 2.43. The highest BCUT2D eigenvalue weighted by molar-refractivity contribution is 5.98. The number of nitrogens with zero attached hydrogens (tertiary/aromatic N) is 4. The van der Waals surface area contributed by atoms with Crippen LogP contribution in [0.1, 0.15) is 28.3 Å². The van der Waals surface area contributed by atoms with Crippen LogP contribution < -0.4 is 26.8 Å². The molecule has 0 amide bonds. The van der Waals surface area contributed by atoms with Gasteiger partial charge in [-0.3, -0.25) is 5.32 Å². The van der Waals surface area contributed by atoms with Crippen molar-refractivity contribution in [3.05, 3.63) is 76.6 Å². The lowest BCUT2D eigenvalue weighted by Gasteiger charge is -2.27. The third-order valence-electron chi connectivity index (χ3n) is 4.91. The molecule has 0 fully saturated rings. The zero-order valence-electron chi connectivity index (χ0n) is 16.6. The number of aliphatic imine (C=N–C) groups is 1. The van der Waals surface area contributed by atoms with E-state index in [1.54, 1.807) is 48.7 Å². The molecule has 10 heteroatoms. The number of anilines is 3. The van der Waals surface area contributed by atoms with Gasteiger partial charge in [-0.25, -0.2) is 14.4 Å². The number of ether oxygens (including phenoxy) is 1. The molecule has 0 saturated heterocycles. The van der Waals surface area contributed by atoms with Gasteiger partial charge in [-0.05, 0) is 12.1 Å². The number of nitrogens with two attached hydrogens (primary N) is 2. The number of hydrogen-bond acceptors (Lipinski definition) is 9. The molecule has 9 nitrogen and oxygen atoms in total. The standard InChI is InChI=1S/C22H17FN8O/c23-15-7-3-1-5-12(15)10-32-16-8-4-2-6-13(16)19-17-18(26)14(9-24)20(27)30-21(17)31-22(29-19)28-11-25/h1-8,19H,10H2,(H6,26,27,28,29,30,31). The van der Waals surface area contributed by atoms with E-state index >= 15 is 0 Å². The van der Waals surface area contributed by atoms with E-state index in [9.17, 15) is 9.65 Å². The molecule has 1 aromatic heterocycles. The highest BCUT2D eigenvalue weighted by Gasteiger charge is 2.31. The molecule has 32 heavy (non-hydrogen) atoms. The van der Waals surface area contributed by atoms with Crippen LogP contribution in [0, 0.1) is 28.6 Å². The Morgan fingerprint density at radius 2 is 1.88 bits per heavy atom. The van der Waals surface area contributed by atoms with E-state index in [1.807, 2.05) is 6.07 Å². The van der Waals surface area contributed by atoms with Gasteiger partial charge in [-0.15, -0.1) is 0 Å². The van der Waals surface area contributed by atoms with Crippen molar-refractivity contribution in [1.82, 2.24) is 10.3 Å². The minimum Gasteiger partial charge on any atom is -0.488 e. The van der Waals surface area contributed by atoms with Gasteiger partial charge in [0, 0.05) is 16.7 Å². The van der Waals surface area contributed by atoms with Crippen LogP contribution in [-0.4, -0.2) is 10.9 Å². The fraction of sp³-hybridized carbons (Fsp3) is 0.0909. The van der Waals surface area contributed by atoms with Crippen molar-refractivity contribution in [2.24, 2.45) is 4.99 Å². The molecule has 0 aliphatic carbocycles. The molecular weight excluding hydrogens is 411 g/mol. The summed E-state index contributed by atoms with van der Waals surface area (Å²) in [6, 6.07) is 14.6. The Balaban J connectivity index is 1.81. The fourth-order valence-corrected chi connectivity index (χ4v) is 3.41. The second-order valence-electron chi connectivity index (χ2n) is 6.82. The first-order chi connectivity index (χ1) is 15.5. The number of nitrogens with one attached hydrogen (secondary N) is 2. The topological polar surface area (TPSA) is 158 Å². The van der Waals surface area contributed by atoms with Crippen LogP contribution in [0.5, 0.6) is 5.75 Å². The first-order valence-electron chi connectivity index (χ1n) is 9.47. The molecule has 3 aromatic rings. The maximum absolute atomic E-state index is 14.0. The van der Waals surface area contributed by atoms with Crippen molar-refractivity contribution in [2.45, 2.75) is 12.6 Å². The number of pyridine rings is 1. The van der Waals surface area contributed by atoms with Crippen molar-refractivity contribution < 1.29 is 9.13 Å². The van der Waals surface area contributed by atoms with Gasteiger partial charge in [0.15, 0.2) is 6.19 Å². The predicted molar refractivity (Wildman–Crippen MR) is 117 cm³/mol. The molecule has 1 aliphatic heterocycles. The third kappa shape index (κ3) is 3.68. The van der Waals surface area contributed by atoms with Crippen molar-refractivity contribution >= 4 is 23.3 Å². The van der Waals surface area contributed by atoms with Crippen molar-refractivity contribution in [3.63, 3.8) is 0 Å². The van der Waals surface area contributed by atoms with E-state index in [-0.39, 0.29) is 41.3 Å². The summed E-state index contributed by atoms with van der Waals surface area (Å²) in [6.07, 6.45) is 1.80. The Bertz CT molecular complexity index is 1310. The minimum absolute atomic E-state index is 0.00650. The monoisotopic (exact) mass is 428 g/mol. The van der Waals surface area contributed by atoms with E-state index in [2.05, 4.69) is 20.6 Å². The first kappa shape index (κ1) is 20.4. The zero-order chi connectivity index (χ0) is 22.7. The van der Waals surface area contributed by atoms with Gasteiger partial charge in [-0.2, -0.15) is 10.5 Å². The molecule has 1 aliphatic rings. The van der Waals surface area contributed by atoms with Gasteiger partial charge in [0.1, 0.15) is 47.5 Å². The Kier molecular flexibility index (Phi) is 5.43. The summed E-state index contributed by atoms with van der Waals surface area (Å²) in [6.45, 7) is -0.00650. The number of nitriles is 2. The molecule has 158 valence electrons. The number of fused-ring (bicyclic) bond motifs is 1. The number of hydrogen-bond donors (Lipinski definition) is 4. The van der Waals surface area contributed by atoms with Gasteiger partial charge in [-0.1, -0.05) is 36.4 Å². The fourth-order valence-electron chi connectivity index (χ4n) is 3.41. The molecule has 0 spiro atoms. The molecule has 2 heterocycles. The average Bonchev–Trinajstić information content (AvgIpc) is 2.78. The third-order valence-corrected chi connectivity index (χ3v) is 4.91. The number of halogens is 1. The van der Waals surface area contributed by atoms with Gasteiger partial charge < -0.3 is 21.5 Å². The van der Waals surface area contributed by atoms with E-state index in [1.165, 1.54) is 6.07 Å². The SMILES string of the molecule is N#CNC1=NC(c2ccccc2OCc2ccccc2F)c2c(nc(N)c(C#N)c2N)N1. The molecule has 0 bridgehead atoms. The Morgan fingerprint density at radius 1 is 1.12 bits per heavy atom. The van der Waals surface area contributed by atoms with Crippen molar-refractivity contribution in [1.29, 1.82) is 10.5 Å². The van der Waals surface area contributed by atoms with Crippen LogP contribution in [0.2, 0.25) is 0 Å². The lowest BCUT2D eigenvalue weighted by atomic mass is 9.94. The van der Waals surface area contributed by atoms with Crippen molar-refractivity contribution in [3.8, 4) is 18.0 Å². The number of benzene rings is 2. The first-order valence-corrected chi connectivity index (χ1v) is 9.47. The molecule has 0 radical (unpaired) electrons. The Hall–Kier alpha value is -4.83. The molecule has 6 N–H and O–H groups in total. The molecule has 2 aromatic carbocycles. The minimum atomic E-state index is -0.765. The predicted octanol–water partition coefficient (Wildman–Crippen LogP) is 2.78. The van der Waals surface area contributed by atoms with Gasteiger partial charge in [0.05, 0.1) is 5.69 Å². The van der Waals surface area contributed by atoms with Crippen LogP contribution in [0.15, 0.2) is 53.5 Å². The quantitative estimate of drug-likeness (QED) is 0.365. The van der Waals surface area contributed by atoms with E-state index in [0.29, 0.717) is 22.4 Å². The van der Waals surface area contributed by atoms with E-state index in [4.69, 9.17) is 21.5 Å². The zero-order valence-corrected chi connectivity index (χ0v) is 16.6. The Labute approximate surface area is 182 Å². The summed E-state index contributed by atoms with van der Waals surface area (Å²) >= 11 is 0. The summed E-state index contributed by atoms with van der Waals surface area (Å²) in [4.78, 5) is 8.76. The van der Waals surface area contributed by atoms with E-state index < -0.39 is 6.04 Å². The van der Waals surface area contributed by atoms with Crippen LogP contribution in [0.25, 0.3) is 0 Å². The summed E-state index contributed by atoms with van der Waals surface area (Å²) in [7, 11) is 0. The summed E-state index contributed by atoms with van der Waals surface area (Å²) in [5.41, 5.74) is 13.7. The van der Waals surface area contributed by atoms with Crippen LogP contribution in [0.3, 0.4) is 0 Å². The van der Waals surface area contributed by atoms with Crippen LogP contribution in [0.4, 0.5) is 21.7 Å². The van der Waals surface area contributed by atoms with Gasteiger partial charge in [0.25, 0.3) is 0 Å². The lowest BCUT2D eigenvalue weighted by Crippen LogP contribution is -2.32. The lowest BCUT2D eigenvalue weighted by molar-refractivity contribution is 0.296. The normalized spacial score (nSPS) is 14.2. The molecule has 1 atom stereocenters.